The molecule has 1 heterocycles. The van der Waals surface area contributed by atoms with Gasteiger partial charge in [0.1, 0.15) is 19.0 Å². The van der Waals surface area contributed by atoms with Crippen LogP contribution in [0.3, 0.4) is 0 Å². The molecule has 0 aromatic heterocycles. The number of carbonyl (C=O) groups excluding carboxylic acids is 2. The Morgan fingerprint density at radius 1 is 0.875 bits per heavy atom. The topological polar surface area (TPSA) is 83.1 Å². The molecule has 0 bridgehead atoms. The maximum atomic E-state index is 13.6. The highest BCUT2D eigenvalue weighted by atomic mass is 16.5. The number of ether oxygens (including phenoxy) is 4. The average Bonchev–Trinajstić information content (AvgIpc) is 2.99. The molecular formula is C33H33NO6. The minimum absolute atomic E-state index is 0.0371. The zero-order valence-corrected chi connectivity index (χ0v) is 23.0. The maximum absolute atomic E-state index is 13.6. The standard InChI is InChI=1S/C33H33NO6/c1-21-30(33(36)40-20-23-12-15-25(37-2)16-13-23)31(32-26(34-21)10-7-11-27(32)35)24-14-17-28(29(18-24)38-3)39-19-22-8-5-4-6-9-22/h4-6,8-9,12-18,31,34H,7,10-11,19-20H2,1-3H3/t31-/m0/s1. The summed E-state index contributed by atoms with van der Waals surface area (Å²) in [6, 6.07) is 22.8. The number of allylic oxidation sites excluding steroid dienone is 3. The van der Waals surface area contributed by atoms with Crippen LogP contribution in [0.5, 0.6) is 17.2 Å². The molecule has 0 saturated carbocycles. The minimum Gasteiger partial charge on any atom is -0.497 e. The summed E-state index contributed by atoms with van der Waals surface area (Å²) < 4.78 is 22.7. The fourth-order valence-corrected chi connectivity index (χ4v) is 5.25. The van der Waals surface area contributed by atoms with Gasteiger partial charge in [0.2, 0.25) is 0 Å². The summed E-state index contributed by atoms with van der Waals surface area (Å²) >= 11 is 0. The van der Waals surface area contributed by atoms with E-state index in [4.69, 9.17) is 18.9 Å². The van der Waals surface area contributed by atoms with Crippen molar-refractivity contribution in [2.24, 2.45) is 0 Å². The van der Waals surface area contributed by atoms with Gasteiger partial charge >= 0.3 is 5.97 Å². The van der Waals surface area contributed by atoms with Crippen molar-refractivity contribution >= 4 is 11.8 Å². The Morgan fingerprint density at radius 3 is 2.35 bits per heavy atom. The molecule has 0 amide bonds. The lowest BCUT2D eigenvalue weighted by atomic mass is 9.75. The number of hydrogen-bond acceptors (Lipinski definition) is 7. The molecule has 1 aliphatic heterocycles. The third kappa shape index (κ3) is 5.73. The summed E-state index contributed by atoms with van der Waals surface area (Å²) in [6.07, 6.45) is 1.97. The van der Waals surface area contributed by atoms with Crippen LogP contribution in [0, 0.1) is 0 Å². The number of carbonyl (C=O) groups is 2. The zero-order valence-electron chi connectivity index (χ0n) is 23.0. The van der Waals surface area contributed by atoms with Gasteiger partial charge in [0.25, 0.3) is 0 Å². The van der Waals surface area contributed by atoms with E-state index in [1.807, 2.05) is 79.7 Å². The van der Waals surface area contributed by atoms with Gasteiger partial charge in [0.15, 0.2) is 17.3 Å². The highest BCUT2D eigenvalue weighted by Crippen LogP contribution is 2.44. The molecule has 7 nitrogen and oxygen atoms in total. The molecule has 0 unspecified atom stereocenters. The van der Waals surface area contributed by atoms with Gasteiger partial charge in [-0.1, -0.05) is 48.5 Å². The summed E-state index contributed by atoms with van der Waals surface area (Å²) in [6.45, 7) is 2.34. The Morgan fingerprint density at radius 2 is 1.62 bits per heavy atom. The number of rotatable bonds is 9. The number of nitrogens with one attached hydrogen (secondary N) is 1. The largest absolute Gasteiger partial charge is 0.497 e. The zero-order chi connectivity index (χ0) is 28.1. The lowest BCUT2D eigenvalue weighted by Crippen LogP contribution is -2.34. The van der Waals surface area contributed by atoms with Gasteiger partial charge in [-0.25, -0.2) is 4.79 Å². The molecule has 206 valence electrons. The third-order valence-electron chi connectivity index (χ3n) is 7.28. The molecule has 1 aliphatic carbocycles. The van der Waals surface area contributed by atoms with Crippen LogP contribution in [0.25, 0.3) is 0 Å². The van der Waals surface area contributed by atoms with Crippen LogP contribution in [0.4, 0.5) is 0 Å². The minimum atomic E-state index is -0.579. The first-order valence-corrected chi connectivity index (χ1v) is 13.4. The maximum Gasteiger partial charge on any atom is 0.337 e. The van der Waals surface area contributed by atoms with E-state index in [0.29, 0.717) is 41.4 Å². The second kappa shape index (κ2) is 12.1. The van der Waals surface area contributed by atoms with Crippen molar-refractivity contribution in [1.82, 2.24) is 5.32 Å². The van der Waals surface area contributed by atoms with E-state index in [9.17, 15) is 9.59 Å². The lowest BCUT2D eigenvalue weighted by molar-refractivity contribution is -0.140. The van der Waals surface area contributed by atoms with E-state index in [0.717, 1.165) is 41.0 Å². The Balaban J connectivity index is 1.45. The van der Waals surface area contributed by atoms with Gasteiger partial charge in [0, 0.05) is 29.3 Å². The fourth-order valence-electron chi connectivity index (χ4n) is 5.25. The molecule has 3 aromatic carbocycles. The van der Waals surface area contributed by atoms with E-state index in [-0.39, 0.29) is 12.4 Å². The molecule has 0 radical (unpaired) electrons. The average molecular weight is 540 g/mol. The summed E-state index contributed by atoms with van der Waals surface area (Å²) in [5, 5.41) is 3.34. The number of esters is 1. The van der Waals surface area contributed by atoms with Gasteiger partial charge in [-0.3, -0.25) is 4.79 Å². The van der Waals surface area contributed by atoms with Crippen LogP contribution in [0.15, 0.2) is 95.3 Å². The van der Waals surface area contributed by atoms with E-state index in [1.165, 1.54) is 0 Å². The third-order valence-corrected chi connectivity index (χ3v) is 7.28. The fraction of sp³-hybridized carbons (Fsp3) is 0.273. The van der Waals surface area contributed by atoms with Crippen molar-refractivity contribution in [2.45, 2.75) is 45.3 Å². The number of benzene rings is 3. The first-order chi connectivity index (χ1) is 19.5. The highest BCUT2D eigenvalue weighted by Gasteiger charge is 2.39. The molecule has 0 saturated heterocycles. The molecule has 7 heteroatoms. The first-order valence-electron chi connectivity index (χ1n) is 13.4. The highest BCUT2D eigenvalue weighted by molar-refractivity contribution is 6.03. The predicted octanol–water partition coefficient (Wildman–Crippen LogP) is 5.99. The van der Waals surface area contributed by atoms with Gasteiger partial charge in [0.05, 0.1) is 19.8 Å². The summed E-state index contributed by atoms with van der Waals surface area (Å²) in [5.41, 5.74) is 5.23. The number of methoxy groups -OCH3 is 2. The summed E-state index contributed by atoms with van der Waals surface area (Å²) in [7, 11) is 3.19. The lowest BCUT2D eigenvalue weighted by Gasteiger charge is -2.34. The van der Waals surface area contributed by atoms with Crippen molar-refractivity contribution in [3.8, 4) is 17.2 Å². The number of ketones is 1. The molecule has 0 fully saturated rings. The van der Waals surface area contributed by atoms with Gasteiger partial charge in [-0.05, 0) is 60.7 Å². The Labute approximate surface area is 234 Å². The second-order valence-electron chi connectivity index (χ2n) is 9.87. The molecule has 3 aromatic rings. The van der Waals surface area contributed by atoms with Crippen molar-refractivity contribution in [2.75, 3.05) is 14.2 Å². The van der Waals surface area contributed by atoms with Crippen LogP contribution in [-0.4, -0.2) is 26.0 Å². The van der Waals surface area contributed by atoms with Crippen molar-refractivity contribution in [1.29, 1.82) is 0 Å². The Kier molecular flexibility index (Phi) is 8.20. The van der Waals surface area contributed by atoms with Crippen molar-refractivity contribution in [3.05, 3.63) is 112 Å². The van der Waals surface area contributed by atoms with Crippen molar-refractivity contribution < 1.29 is 28.5 Å². The van der Waals surface area contributed by atoms with Gasteiger partial charge in [-0.15, -0.1) is 0 Å². The van der Waals surface area contributed by atoms with E-state index >= 15 is 0 Å². The molecule has 5 rings (SSSR count). The van der Waals surface area contributed by atoms with Crippen LogP contribution < -0.4 is 19.5 Å². The van der Waals surface area contributed by atoms with Crippen molar-refractivity contribution in [3.63, 3.8) is 0 Å². The molecule has 2 aliphatic rings. The summed E-state index contributed by atoms with van der Waals surface area (Å²) in [5.74, 6) is 0.822. The quantitative estimate of drug-likeness (QED) is 0.334. The van der Waals surface area contributed by atoms with E-state index in [2.05, 4.69) is 5.32 Å². The molecule has 1 atom stereocenters. The summed E-state index contributed by atoms with van der Waals surface area (Å²) in [4.78, 5) is 26.9. The molecular weight excluding hydrogens is 506 g/mol. The number of dihydropyridines is 1. The van der Waals surface area contributed by atoms with Crippen LogP contribution in [0.1, 0.15) is 48.8 Å². The Hall–Kier alpha value is -4.52. The predicted molar refractivity (Wildman–Crippen MR) is 151 cm³/mol. The molecule has 40 heavy (non-hydrogen) atoms. The second-order valence-corrected chi connectivity index (χ2v) is 9.87. The number of Topliss-reactive ketones (excluding diaryl/α,β-unsaturated/α-hetero) is 1. The first kappa shape index (κ1) is 27.1. The SMILES string of the molecule is COc1ccc(COC(=O)C2=C(C)NC3=C(C(=O)CCC3)[C@H]2c2ccc(OCc3ccccc3)c(OC)c2)cc1. The van der Waals surface area contributed by atoms with Crippen LogP contribution in [0.2, 0.25) is 0 Å². The normalized spacial score (nSPS) is 16.7. The van der Waals surface area contributed by atoms with Gasteiger partial charge < -0.3 is 24.3 Å². The monoisotopic (exact) mass is 539 g/mol. The van der Waals surface area contributed by atoms with Crippen LogP contribution in [-0.2, 0) is 27.5 Å². The van der Waals surface area contributed by atoms with E-state index in [1.54, 1.807) is 14.2 Å². The smallest absolute Gasteiger partial charge is 0.337 e. The Bertz CT molecular complexity index is 1460. The van der Waals surface area contributed by atoms with E-state index < -0.39 is 11.9 Å². The molecule has 0 spiro atoms. The molecule has 1 N–H and O–H groups in total. The van der Waals surface area contributed by atoms with Crippen LogP contribution >= 0.6 is 0 Å². The van der Waals surface area contributed by atoms with Gasteiger partial charge in [-0.2, -0.15) is 0 Å². The number of hydrogen-bond donors (Lipinski definition) is 1.